The van der Waals surface area contributed by atoms with Crippen molar-refractivity contribution in [1.29, 1.82) is 0 Å². The van der Waals surface area contributed by atoms with Crippen LogP contribution in [0.15, 0.2) is 48.5 Å². The highest BCUT2D eigenvalue weighted by molar-refractivity contribution is 5.76. The second-order valence-electron chi connectivity index (χ2n) is 3.19. The molecule has 0 atom stereocenters. The van der Waals surface area contributed by atoms with E-state index in [4.69, 9.17) is 4.74 Å². The molecule has 0 heterocycles. The first-order chi connectivity index (χ1) is 7.81. The van der Waals surface area contributed by atoms with Gasteiger partial charge in [0.15, 0.2) is 17.9 Å². The van der Waals surface area contributed by atoms with Gasteiger partial charge >= 0.3 is 0 Å². The molecule has 3 heteroatoms. The maximum atomic E-state index is 13.6. The Labute approximate surface area is 92.3 Å². The van der Waals surface area contributed by atoms with E-state index in [1.165, 1.54) is 12.1 Å². The zero-order valence-corrected chi connectivity index (χ0v) is 8.39. The molecule has 0 spiro atoms. The summed E-state index contributed by atoms with van der Waals surface area (Å²) in [6.07, 6.45) is 0.465. The zero-order valence-electron chi connectivity index (χ0n) is 8.39. The fourth-order valence-corrected chi connectivity index (χ4v) is 1.31. The second kappa shape index (κ2) is 4.57. The molecule has 0 aliphatic rings. The fraction of sp³-hybridized carbons (Fsp3) is 0. The number of hydrogen-bond acceptors (Lipinski definition) is 2. The minimum Gasteiger partial charge on any atom is -0.454 e. The number of benzene rings is 2. The third-order valence-corrected chi connectivity index (χ3v) is 2.09. The molecule has 0 amide bonds. The summed E-state index contributed by atoms with van der Waals surface area (Å²) in [6.45, 7) is 0. The van der Waals surface area contributed by atoms with Crippen LogP contribution in [-0.4, -0.2) is 6.29 Å². The van der Waals surface area contributed by atoms with E-state index in [0.717, 1.165) is 0 Å². The molecular weight excluding hydrogens is 207 g/mol. The normalized spacial score (nSPS) is 9.81. The number of carbonyl (C=O) groups excluding carboxylic acids is 1. The predicted octanol–water partition coefficient (Wildman–Crippen LogP) is 3.43. The number of halogens is 1. The maximum absolute atomic E-state index is 13.6. The topological polar surface area (TPSA) is 26.3 Å². The molecule has 0 aromatic heterocycles. The van der Waals surface area contributed by atoms with E-state index in [0.29, 0.717) is 12.0 Å². The van der Waals surface area contributed by atoms with Gasteiger partial charge in [-0.1, -0.05) is 24.3 Å². The van der Waals surface area contributed by atoms with Crippen molar-refractivity contribution in [1.82, 2.24) is 0 Å². The summed E-state index contributed by atoms with van der Waals surface area (Å²) in [5.41, 5.74) is -0.00608. The van der Waals surface area contributed by atoms with Crippen LogP contribution in [0, 0.1) is 5.82 Å². The molecule has 0 unspecified atom stereocenters. The number of aldehydes is 1. The monoisotopic (exact) mass is 216 g/mol. The van der Waals surface area contributed by atoms with E-state index >= 15 is 0 Å². The van der Waals surface area contributed by atoms with Crippen LogP contribution in [0.3, 0.4) is 0 Å². The van der Waals surface area contributed by atoms with Gasteiger partial charge in [-0.15, -0.1) is 0 Å². The SMILES string of the molecule is O=Cc1cccc(Oc2ccccc2)c1F. The lowest BCUT2D eigenvalue weighted by molar-refractivity contribution is 0.111. The van der Waals surface area contributed by atoms with E-state index in [2.05, 4.69) is 0 Å². The van der Waals surface area contributed by atoms with Gasteiger partial charge in [0.25, 0.3) is 0 Å². The van der Waals surface area contributed by atoms with Crippen LogP contribution in [0.1, 0.15) is 10.4 Å². The minimum absolute atomic E-state index is 0.00608. The highest BCUT2D eigenvalue weighted by atomic mass is 19.1. The van der Waals surface area contributed by atoms with Crippen molar-refractivity contribution in [3.05, 3.63) is 59.9 Å². The van der Waals surface area contributed by atoms with Crippen LogP contribution in [0.5, 0.6) is 11.5 Å². The molecule has 0 N–H and O–H groups in total. The van der Waals surface area contributed by atoms with Crippen LogP contribution in [0.25, 0.3) is 0 Å². The fourth-order valence-electron chi connectivity index (χ4n) is 1.31. The molecule has 0 aliphatic carbocycles. The first kappa shape index (κ1) is 10.4. The van der Waals surface area contributed by atoms with Crippen LogP contribution in [-0.2, 0) is 0 Å². The highest BCUT2D eigenvalue weighted by Crippen LogP contribution is 2.25. The molecular formula is C13H9FO2. The summed E-state index contributed by atoms with van der Waals surface area (Å²) >= 11 is 0. The van der Waals surface area contributed by atoms with Gasteiger partial charge < -0.3 is 4.74 Å². The summed E-state index contributed by atoms with van der Waals surface area (Å²) in [5.74, 6) is -0.0541. The van der Waals surface area contributed by atoms with E-state index in [-0.39, 0.29) is 11.3 Å². The van der Waals surface area contributed by atoms with Crippen LogP contribution in [0.2, 0.25) is 0 Å². The second-order valence-corrected chi connectivity index (χ2v) is 3.19. The van der Waals surface area contributed by atoms with Crippen molar-refractivity contribution < 1.29 is 13.9 Å². The molecule has 2 aromatic carbocycles. The molecule has 2 rings (SSSR count). The van der Waals surface area contributed by atoms with Crippen LogP contribution < -0.4 is 4.74 Å². The quantitative estimate of drug-likeness (QED) is 0.734. The van der Waals surface area contributed by atoms with Crippen LogP contribution >= 0.6 is 0 Å². The first-order valence-corrected chi connectivity index (χ1v) is 4.78. The molecule has 16 heavy (non-hydrogen) atoms. The average molecular weight is 216 g/mol. The van der Waals surface area contributed by atoms with Crippen molar-refractivity contribution in [2.24, 2.45) is 0 Å². The molecule has 0 saturated carbocycles. The lowest BCUT2D eigenvalue weighted by Crippen LogP contribution is -1.92. The van der Waals surface area contributed by atoms with Gasteiger partial charge in [-0.05, 0) is 24.3 Å². The number of ether oxygens (including phenoxy) is 1. The number of carbonyl (C=O) groups is 1. The standard InChI is InChI=1S/C13H9FO2/c14-13-10(9-15)5-4-8-12(13)16-11-6-2-1-3-7-11/h1-9H. The van der Waals surface area contributed by atoms with Crippen molar-refractivity contribution in [3.8, 4) is 11.5 Å². The van der Waals surface area contributed by atoms with E-state index in [1.807, 2.05) is 6.07 Å². The molecule has 0 saturated heterocycles. The molecule has 0 aliphatic heterocycles. The first-order valence-electron chi connectivity index (χ1n) is 4.78. The van der Waals surface area contributed by atoms with E-state index < -0.39 is 5.82 Å². The van der Waals surface area contributed by atoms with Gasteiger partial charge in [-0.3, -0.25) is 4.79 Å². The Hall–Kier alpha value is -2.16. The Morgan fingerprint density at radius 1 is 1.00 bits per heavy atom. The van der Waals surface area contributed by atoms with Crippen molar-refractivity contribution in [3.63, 3.8) is 0 Å². The lowest BCUT2D eigenvalue weighted by atomic mass is 10.2. The Morgan fingerprint density at radius 2 is 1.75 bits per heavy atom. The molecule has 2 nitrogen and oxygen atoms in total. The molecule has 0 radical (unpaired) electrons. The van der Waals surface area contributed by atoms with Gasteiger partial charge in [0.1, 0.15) is 5.75 Å². The Bertz CT molecular complexity index is 495. The largest absolute Gasteiger partial charge is 0.454 e. The van der Waals surface area contributed by atoms with Gasteiger partial charge in [-0.2, -0.15) is 0 Å². The third kappa shape index (κ3) is 2.08. The number of para-hydroxylation sites is 1. The summed E-state index contributed by atoms with van der Waals surface area (Å²) in [7, 11) is 0. The van der Waals surface area contributed by atoms with Gasteiger partial charge in [0.2, 0.25) is 0 Å². The van der Waals surface area contributed by atoms with Gasteiger partial charge in [0, 0.05) is 0 Å². The van der Waals surface area contributed by atoms with Gasteiger partial charge in [-0.25, -0.2) is 4.39 Å². The number of hydrogen-bond donors (Lipinski definition) is 0. The highest BCUT2D eigenvalue weighted by Gasteiger charge is 2.08. The summed E-state index contributed by atoms with van der Waals surface area (Å²) in [4.78, 5) is 10.5. The summed E-state index contributed by atoms with van der Waals surface area (Å²) in [5, 5.41) is 0. The number of rotatable bonds is 3. The Kier molecular flexibility index (Phi) is 2.96. The van der Waals surface area contributed by atoms with Crippen molar-refractivity contribution in [2.45, 2.75) is 0 Å². The lowest BCUT2D eigenvalue weighted by Gasteiger charge is -2.07. The van der Waals surface area contributed by atoms with Gasteiger partial charge in [0.05, 0.1) is 5.56 Å². The molecule has 80 valence electrons. The average Bonchev–Trinajstić information content (AvgIpc) is 2.33. The Balaban J connectivity index is 2.32. The summed E-state index contributed by atoms with van der Waals surface area (Å²) in [6, 6.07) is 13.3. The molecule has 2 aromatic rings. The molecule has 0 fully saturated rings. The maximum Gasteiger partial charge on any atom is 0.176 e. The van der Waals surface area contributed by atoms with Crippen molar-refractivity contribution >= 4 is 6.29 Å². The van der Waals surface area contributed by atoms with E-state index in [1.54, 1.807) is 30.3 Å². The van der Waals surface area contributed by atoms with Crippen molar-refractivity contribution in [2.75, 3.05) is 0 Å². The Morgan fingerprint density at radius 3 is 2.44 bits per heavy atom. The minimum atomic E-state index is -0.638. The zero-order chi connectivity index (χ0) is 11.4. The van der Waals surface area contributed by atoms with Crippen LogP contribution in [0.4, 0.5) is 4.39 Å². The van der Waals surface area contributed by atoms with E-state index in [9.17, 15) is 9.18 Å². The summed E-state index contributed by atoms with van der Waals surface area (Å²) < 4.78 is 18.9. The smallest absolute Gasteiger partial charge is 0.176 e. The third-order valence-electron chi connectivity index (χ3n) is 2.09. The predicted molar refractivity (Wildman–Crippen MR) is 58.3 cm³/mol. The molecule has 0 bridgehead atoms.